The number of β-amino-alcohol motifs (C(OH)–C–C–N with tert-alkyl or cyclic N) is 1. The van der Waals surface area contributed by atoms with Gasteiger partial charge in [-0.2, -0.15) is 5.26 Å². The quantitative estimate of drug-likeness (QED) is 0.672. The maximum absolute atomic E-state index is 11.7. The van der Waals surface area contributed by atoms with Gasteiger partial charge in [0.25, 0.3) is 0 Å². The molecule has 0 saturated carbocycles. The predicted octanol–water partition coefficient (Wildman–Crippen LogP) is 1.13. The number of carbonyl (C=O) groups excluding carboxylic acids is 1. The van der Waals surface area contributed by atoms with Crippen molar-refractivity contribution in [3.63, 3.8) is 0 Å². The molecular formula is C11H18N2O3. The molecule has 5 nitrogen and oxygen atoms in total. The number of hydrogen-bond acceptors (Lipinski definition) is 4. The Balaban J connectivity index is 2.52. The first-order valence-corrected chi connectivity index (χ1v) is 5.39. The molecule has 5 heteroatoms. The van der Waals surface area contributed by atoms with Crippen LogP contribution in [0.5, 0.6) is 0 Å². The molecule has 1 rings (SSSR count). The van der Waals surface area contributed by atoms with Crippen LogP contribution >= 0.6 is 0 Å². The molecular weight excluding hydrogens is 208 g/mol. The van der Waals surface area contributed by atoms with Crippen LogP contribution in [0.2, 0.25) is 0 Å². The largest absolute Gasteiger partial charge is 0.444 e. The van der Waals surface area contributed by atoms with Crippen molar-refractivity contribution in [2.24, 2.45) is 5.92 Å². The van der Waals surface area contributed by atoms with E-state index in [0.717, 1.165) is 0 Å². The van der Waals surface area contributed by atoms with E-state index in [1.54, 1.807) is 20.8 Å². The molecule has 1 aliphatic heterocycles. The minimum Gasteiger partial charge on any atom is -0.444 e. The Morgan fingerprint density at radius 2 is 2.19 bits per heavy atom. The fourth-order valence-electron chi connectivity index (χ4n) is 1.57. The summed E-state index contributed by atoms with van der Waals surface area (Å²) in [5.74, 6) is -0.376. The Hall–Kier alpha value is -1.28. The molecule has 1 N–H and O–H groups in total. The summed E-state index contributed by atoms with van der Waals surface area (Å²) in [7, 11) is 0. The number of aliphatic hydroxyl groups excluding tert-OH is 1. The Bertz CT molecular complexity index is 303. The van der Waals surface area contributed by atoms with E-state index in [1.807, 2.05) is 6.07 Å². The van der Waals surface area contributed by atoms with Gasteiger partial charge in [-0.25, -0.2) is 4.79 Å². The van der Waals surface area contributed by atoms with E-state index in [9.17, 15) is 9.90 Å². The van der Waals surface area contributed by atoms with Crippen LogP contribution in [-0.2, 0) is 4.74 Å². The lowest BCUT2D eigenvalue weighted by molar-refractivity contribution is -0.00446. The number of hydrogen-bond donors (Lipinski definition) is 1. The monoisotopic (exact) mass is 226 g/mol. The number of nitriles is 1. The SMILES string of the molecule is CC(C)(C)OC(=O)N1CCC(C#N)C(O)C1. The van der Waals surface area contributed by atoms with Gasteiger partial charge < -0.3 is 14.7 Å². The standard InChI is InChI=1S/C11H18N2O3/c1-11(2,3)16-10(15)13-5-4-8(6-12)9(14)7-13/h8-9,14H,4-5,7H2,1-3H3. The van der Waals surface area contributed by atoms with Gasteiger partial charge in [0.2, 0.25) is 0 Å². The van der Waals surface area contributed by atoms with Crippen LogP contribution in [0.4, 0.5) is 4.79 Å². The maximum Gasteiger partial charge on any atom is 0.410 e. The maximum atomic E-state index is 11.7. The van der Waals surface area contributed by atoms with Crippen LogP contribution in [0.25, 0.3) is 0 Å². The van der Waals surface area contributed by atoms with Crippen LogP contribution in [0.3, 0.4) is 0 Å². The molecule has 1 fully saturated rings. The Morgan fingerprint density at radius 1 is 1.56 bits per heavy atom. The van der Waals surface area contributed by atoms with Crippen LogP contribution in [0.15, 0.2) is 0 Å². The number of carbonyl (C=O) groups is 1. The molecule has 1 heterocycles. The highest BCUT2D eigenvalue weighted by Crippen LogP contribution is 2.19. The van der Waals surface area contributed by atoms with Crippen molar-refractivity contribution in [3.8, 4) is 6.07 Å². The average molecular weight is 226 g/mol. The van der Waals surface area contributed by atoms with Crippen molar-refractivity contribution in [3.05, 3.63) is 0 Å². The van der Waals surface area contributed by atoms with Crippen molar-refractivity contribution in [1.29, 1.82) is 5.26 Å². The molecule has 1 amide bonds. The van der Waals surface area contributed by atoms with Gasteiger partial charge in [-0.05, 0) is 27.2 Å². The summed E-state index contributed by atoms with van der Waals surface area (Å²) in [4.78, 5) is 13.1. The molecule has 0 spiro atoms. The number of aliphatic hydroxyl groups is 1. The zero-order valence-electron chi connectivity index (χ0n) is 9.93. The highest BCUT2D eigenvalue weighted by Gasteiger charge is 2.32. The first kappa shape index (κ1) is 12.8. The molecule has 0 aromatic rings. The Kier molecular flexibility index (Phi) is 3.76. The summed E-state index contributed by atoms with van der Waals surface area (Å²) in [5.41, 5.74) is -0.534. The first-order chi connectivity index (χ1) is 7.33. The van der Waals surface area contributed by atoms with Crippen LogP contribution in [0, 0.1) is 17.2 Å². The van der Waals surface area contributed by atoms with E-state index in [4.69, 9.17) is 10.00 Å². The van der Waals surface area contributed by atoms with Crippen LogP contribution < -0.4 is 0 Å². The summed E-state index contributed by atoms with van der Waals surface area (Å²) < 4.78 is 5.19. The van der Waals surface area contributed by atoms with Crippen molar-refractivity contribution >= 4 is 6.09 Å². The lowest BCUT2D eigenvalue weighted by Crippen LogP contribution is -2.47. The molecule has 1 saturated heterocycles. The van der Waals surface area contributed by atoms with Gasteiger partial charge >= 0.3 is 6.09 Å². The van der Waals surface area contributed by atoms with E-state index in [-0.39, 0.29) is 12.5 Å². The fourth-order valence-corrected chi connectivity index (χ4v) is 1.57. The van der Waals surface area contributed by atoms with Gasteiger partial charge in [-0.15, -0.1) is 0 Å². The fraction of sp³-hybridized carbons (Fsp3) is 0.818. The molecule has 2 atom stereocenters. The minimum atomic E-state index is -0.772. The number of nitrogens with zero attached hydrogens (tertiary/aromatic N) is 2. The van der Waals surface area contributed by atoms with E-state index in [0.29, 0.717) is 13.0 Å². The summed E-state index contributed by atoms with van der Waals surface area (Å²) in [6, 6.07) is 2.03. The molecule has 2 unspecified atom stereocenters. The Morgan fingerprint density at radius 3 is 2.62 bits per heavy atom. The normalized spacial score (nSPS) is 26.1. The summed E-state index contributed by atoms with van der Waals surface area (Å²) in [6.45, 7) is 6.02. The van der Waals surface area contributed by atoms with Crippen molar-refractivity contribution in [2.45, 2.75) is 38.9 Å². The van der Waals surface area contributed by atoms with E-state index >= 15 is 0 Å². The minimum absolute atomic E-state index is 0.174. The van der Waals surface area contributed by atoms with Crippen LogP contribution in [0.1, 0.15) is 27.2 Å². The average Bonchev–Trinajstić information content (AvgIpc) is 2.15. The molecule has 1 aliphatic rings. The molecule has 0 aromatic heterocycles. The van der Waals surface area contributed by atoms with Gasteiger partial charge in [-0.1, -0.05) is 0 Å². The summed E-state index contributed by atoms with van der Waals surface area (Å²) in [6.07, 6.45) is -0.703. The molecule has 0 radical (unpaired) electrons. The number of likely N-dealkylation sites (tertiary alicyclic amines) is 1. The number of amides is 1. The first-order valence-electron chi connectivity index (χ1n) is 5.39. The predicted molar refractivity (Wildman–Crippen MR) is 57.5 cm³/mol. The van der Waals surface area contributed by atoms with Crippen LogP contribution in [-0.4, -0.2) is 40.9 Å². The topological polar surface area (TPSA) is 73.6 Å². The van der Waals surface area contributed by atoms with Crippen molar-refractivity contribution < 1.29 is 14.6 Å². The number of ether oxygens (including phenoxy) is 1. The summed E-state index contributed by atoms with van der Waals surface area (Å²) >= 11 is 0. The zero-order chi connectivity index (χ0) is 12.3. The third-order valence-corrected chi connectivity index (χ3v) is 2.40. The lowest BCUT2D eigenvalue weighted by atomic mass is 9.96. The van der Waals surface area contributed by atoms with Gasteiger partial charge in [-0.3, -0.25) is 0 Å². The van der Waals surface area contributed by atoms with Gasteiger partial charge in [0.15, 0.2) is 0 Å². The van der Waals surface area contributed by atoms with E-state index in [1.165, 1.54) is 4.90 Å². The zero-order valence-corrected chi connectivity index (χ0v) is 9.93. The highest BCUT2D eigenvalue weighted by atomic mass is 16.6. The third kappa shape index (κ3) is 3.38. The summed E-state index contributed by atoms with van der Waals surface area (Å²) in [5, 5.41) is 18.3. The number of piperidine rings is 1. The highest BCUT2D eigenvalue weighted by molar-refractivity contribution is 5.68. The van der Waals surface area contributed by atoms with Gasteiger partial charge in [0.1, 0.15) is 5.60 Å². The molecule has 90 valence electrons. The van der Waals surface area contributed by atoms with Gasteiger partial charge in [0, 0.05) is 6.54 Å². The van der Waals surface area contributed by atoms with E-state index in [2.05, 4.69) is 0 Å². The number of rotatable bonds is 0. The second-order valence-electron chi connectivity index (χ2n) is 5.02. The second kappa shape index (κ2) is 4.71. The van der Waals surface area contributed by atoms with Crippen molar-refractivity contribution in [2.75, 3.05) is 13.1 Å². The smallest absolute Gasteiger partial charge is 0.410 e. The molecule has 0 aliphatic carbocycles. The molecule has 0 aromatic carbocycles. The van der Waals surface area contributed by atoms with Crippen molar-refractivity contribution in [1.82, 2.24) is 4.90 Å². The Labute approximate surface area is 95.6 Å². The lowest BCUT2D eigenvalue weighted by Gasteiger charge is -2.34. The molecule has 0 bridgehead atoms. The second-order valence-corrected chi connectivity index (χ2v) is 5.02. The third-order valence-electron chi connectivity index (χ3n) is 2.40. The van der Waals surface area contributed by atoms with Gasteiger partial charge in [0.05, 0.1) is 24.6 Å². The molecule has 16 heavy (non-hydrogen) atoms. The van der Waals surface area contributed by atoms with E-state index < -0.39 is 17.8 Å².